The molecular formula is C17H12Cl2N2O2. The summed E-state index contributed by atoms with van der Waals surface area (Å²) in [5, 5.41) is 7.85. The van der Waals surface area contributed by atoms with Crippen LogP contribution in [-0.2, 0) is 0 Å². The van der Waals surface area contributed by atoms with Gasteiger partial charge in [0.05, 0.1) is 0 Å². The molecule has 1 aromatic heterocycles. The number of aryl methyl sites for hydroxylation is 1. The summed E-state index contributed by atoms with van der Waals surface area (Å²) in [4.78, 5) is 12.3. The van der Waals surface area contributed by atoms with E-state index < -0.39 is 0 Å². The lowest BCUT2D eigenvalue weighted by atomic mass is 10.1. The van der Waals surface area contributed by atoms with Crippen molar-refractivity contribution in [2.24, 2.45) is 0 Å². The molecule has 0 bridgehead atoms. The molecule has 116 valence electrons. The minimum absolute atomic E-state index is 0.198. The van der Waals surface area contributed by atoms with Crippen molar-refractivity contribution in [2.75, 3.05) is 5.32 Å². The van der Waals surface area contributed by atoms with Crippen LogP contribution in [0.25, 0.3) is 11.3 Å². The molecule has 0 saturated carbocycles. The second-order valence-corrected chi connectivity index (χ2v) is 5.87. The van der Waals surface area contributed by atoms with Gasteiger partial charge in [0.15, 0.2) is 11.5 Å². The molecule has 1 amide bonds. The highest BCUT2D eigenvalue weighted by Gasteiger charge is 2.14. The molecule has 23 heavy (non-hydrogen) atoms. The minimum Gasteiger partial charge on any atom is -0.355 e. The SMILES string of the molecule is Cc1cc(Cl)ccc1NC(=O)c1cc(-c2ccc(Cl)cc2)on1. The molecule has 3 rings (SSSR count). The Bertz CT molecular complexity index is 857. The zero-order chi connectivity index (χ0) is 16.4. The highest BCUT2D eigenvalue weighted by atomic mass is 35.5. The van der Waals surface area contributed by atoms with Gasteiger partial charge in [-0.05, 0) is 55.0 Å². The number of carbonyl (C=O) groups excluding carboxylic acids is 1. The fourth-order valence-electron chi connectivity index (χ4n) is 2.09. The van der Waals surface area contributed by atoms with E-state index in [9.17, 15) is 4.79 Å². The first kappa shape index (κ1) is 15.6. The number of carbonyl (C=O) groups is 1. The van der Waals surface area contributed by atoms with Crippen LogP contribution < -0.4 is 5.32 Å². The smallest absolute Gasteiger partial charge is 0.277 e. The van der Waals surface area contributed by atoms with Crippen LogP contribution in [0.4, 0.5) is 5.69 Å². The van der Waals surface area contributed by atoms with Crippen molar-refractivity contribution in [3.8, 4) is 11.3 Å². The predicted molar refractivity (Wildman–Crippen MR) is 91.1 cm³/mol. The van der Waals surface area contributed by atoms with Crippen molar-refractivity contribution in [3.05, 3.63) is 69.8 Å². The Balaban J connectivity index is 1.79. The van der Waals surface area contributed by atoms with E-state index in [0.717, 1.165) is 11.1 Å². The fraction of sp³-hybridized carbons (Fsp3) is 0.0588. The van der Waals surface area contributed by atoms with Crippen molar-refractivity contribution in [1.29, 1.82) is 0 Å². The molecule has 3 aromatic rings. The van der Waals surface area contributed by atoms with Crippen LogP contribution in [0.1, 0.15) is 16.1 Å². The molecule has 6 heteroatoms. The molecule has 0 aliphatic heterocycles. The molecule has 1 heterocycles. The first-order chi connectivity index (χ1) is 11.0. The highest BCUT2D eigenvalue weighted by molar-refractivity contribution is 6.31. The Hall–Kier alpha value is -2.30. The van der Waals surface area contributed by atoms with Crippen molar-refractivity contribution in [3.63, 3.8) is 0 Å². The third-order valence-corrected chi connectivity index (χ3v) is 3.80. The molecule has 4 nitrogen and oxygen atoms in total. The van der Waals surface area contributed by atoms with Gasteiger partial charge in [0.1, 0.15) is 0 Å². The second kappa shape index (κ2) is 6.44. The average molecular weight is 347 g/mol. The van der Waals surface area contributed by atoms with Crippen LogP contribution in [0.15, 0.2) is 53.1 Å². The number of nitrogens with zero attached hydrogens (tertiary/aromatic N) is 1. The van der Waals surface area contributed by atoms with Gasteiger partial charge in [0.2, 0.25) is 0 Å². The first-order valence-corrected chi connectivity index (χ1v) is 7.59. The number of amides is 1. The summed E-state index contributed by atoms with van der Waals surface area (Å²) in [5.41, 5.74) is 2.54. The van der Waals surface area contributed by atoms with Crippen LogP contribution in [0.2, 0.25) is 10.0 Å². The molecule has 2 aromatic carbocycles. The van der Waals surface area contributed by atoms with Gasteiger partial charge in [-0.1, -0.05) is 28.4 Å². The summed E-state index contributed by atoms with van der Waals surface area (Å²) in [6.45, 7) is 1.86. The summed E-state index contributed by atoms with van der Waals surface area (Å²) >= 11 is 11.8. The van der Waals surface area contributed by atoms with E-state index in [4.69, 9.17) is 27.7 Å². The largest absolute Gasteiger partial charge is 0.355 e. The fourth-order valence-corrected chi connectivity index (χ4v) is 2.44. The van der Waals surface area contributed by atoms with Gasteiger partial charge in [-0.3, -0.25) is 4.79 Å². The molecule has 0 atom stereocenters. The molecule has 0 aliphatic rings. The topological polar surface area (TPSA) is 55.1 Å². The van der Waals surface area contributed by atoms with Crippen LogP contribution in [-0.4, -0.2) is 11.1 Å². The molecule has 0 aliphatic carbocycles. The molecule has 0 radical (unpaired) electrons. The molecule has 0 fully saturated rings. The third-order valence-electron chi connectivity index (χ3n) is 3.31. The zero-order valence-electron chi connectivity index (χ0n) is 12.1. The van der Waals surface area contributed by atoms with Crippen molar-refractivity contribution in [1.82, 2.24) is 5.16 Å². The molecular weight excluding hydrogens is 335 g/mol. The van der Waals surface area contributed by atoms with Gasteiger partial charge in [-0.2, -0.15) is 0 Å². The number of halogens is 2. The lowest BCUT2D eigenvalue weighted by Crippen LogP contribution is -2.12. The third kappa shape index (κ3) is 3.55. The van der Waals surface area contributed by atoms with Gasteiger partial charge < -0.3 is 9.84 Å². The van der Waals surface area contributed by atoms with Crippen LogP contribution in [0.3, 0.4) is 0 Å². The van der Waals surface area contributed by atoms with E-state index in [1.165, 1.54) is 0 Å². The Morgan fingerprint density at radius 3 is 2.43 bits per heavy atom. The quantitative estimate of drug-likeness (QED) is 0.708. The summed E-state index contributed by atoms with van der Waals surface area (Å²) in [7, 11) is 0. The van der Waals surface area contributed by atoms with Gasteiger partial charge >= 0.3 is 0 Å². The van der Waals surface area contributed by atoms with E-state index >= 15 is 0 Å². The molecule has 0 spiro atoms. The Morgan fingerprint density at radius 1 is 1.04 bits per heavy atom. The number of hydrogen-bond acceptors (Lipinski definition) is 3. The summed E-state index contributed by atoms with van der Waals surface area (Å²) in [5.74, 6) is 0.152. The predicted octanol–water partition coefficient (Wildman–Crippen LogP) is 5.21. The highest BCUT2D eigenvalue weighted by Crippen LogP contribution is 2.24. The normalized spacial score (nSPS) is 10.6. The van der Waals surface area contributed by atoms with Gasteiger partial charge in [0.25, 0.3) is 5.91 Å². The Labute approximate surface area is 143 Å². The summed E-state index contributed by atoms with van der Waals surface area (Å²) in [6, 6.07) is 13.9. The summed E-state index contributed by atoms with van der Waals surface area (Å²) in [6.07, 6.45) is 0. The zero-order valence-corrected chi connectivity index (χ0v) is 13.7. The maximum absolute atomic E-state index is 12.3. The Morgan fingerprint density at radius 2 is 1.74 bits per heavy atom. The number of benzene rings is 2. The lowest BCUT2D eigenvalue weighted by molar-refractivity contribution is 0.101. The number of aromatic nitrogens is 1. The van der Waals surface area contributed by atoms with Crippen LogP contribution in [0, 0.1) is 6.92 Å². The lowest BCUT2D eigenvalue weighted by Gasteiger charge is -2.06. The number of hydrogen-bond donors (Lipinski definition) is 1. The second-order valence-electron chi connectivity index (χ2n) is 5.00. The van der Waals surface area contributed by atoms with Crippen molar-refractivity contribution >= 4 is 34.8 Å². The standard InChI is InChI=1S/C17H12Cl2N2O2/c1-10-8-13(19)6-7-14(10)20-17(22)15-9-16(23-21-15)11-2-4-12(18)5-3-11/h2-9H,1H3,(H,20,22). The molecule has 0 unspecified atom stereocenters. The van der Waals surface area contributed by atoms with Crippen LogP contribution >= 0.6 is 23.2 Å². The first-order valence-electron chi connectivity index (χ1n) is 6.83. The van der Waals surface area contributed by atoms with Crippen molar-refractivity contribution in [2.45, 2.75) is 6.92 Å². The van der Waals surface area contributed by atoms with E-state index in [1.54, 1.807) is 48.5 Å². The molecule has 0 saturated heterocycles. The van der Waals surface area contributed by atoms with E-state index in [-0.39, 0.29) is 11.6 Å². The van der Waals surface area contributed by atoms with Crippen molar-refractivity contribution < 1.29 is 9.32 Å². The van der Waals surface area contributed by atoms with Gasteiger partial charge in [-0.25, -0.2) is 0 Å². The van der Waals surface area contributed by atoms with E-state index in [0.29, 0.717) is 21.5 Å². The maximum Gasteiger partial charge on any atom is 0.277 e. The number of anilines is 1. The van der Waals surface area contributed by atoms with Gasteiger partial charge in [0, 0.05) is 27.4 Å². The molecule has 1 N–H and O–H groups in total. The maximum atomic E-state index is 12.3. The number of rotatable bonds is 3. The van der Waals surface area contributed by atoms with Gasteiger partial charge in [-0.15, -0.1) is 0 Å². The number of nitrogens with one attached hydrogen (secondary N) is 1. The van der Waals surface area contributed by atoms with Crippen LogP contribution in [0.5, 0.6) is 0 Å². The van der Waals surface area contributed by atoms with E-state index in [2.05, 4.69) is 10.5 Å². The average Bonchev–Trinajstić information content (AvgIpc) is 3.01. The summed E-state index contributed by atoms with van der Waals surface area (Å²) < 4.78 is 5.22. The monoisotopic (exact) mass is 346 g/mol. The van der Waals surface area contributed by atoms with E-state index in [1.807, 2.05) is 6.92 Å². The Kier molecular flexibility index (Phi) is 4.37. The minimum atomic E-state index is -0.348.